The minimum Gasteiger partial charge on any atom is -0.411 e. The van der Waals surface area contributed by atoms with E-state index in [9.17, 15) is 0 Å². The van der Waals surface area contributed by atoms with E-state index in [1.807, 2.05) is 48.7 Å². The Bertz CT molecular complexity index is 992. The lowest BCUT2D eigenvalue weighted by Gasteiger charge is -2.04. The summed E-state index contributed by atoms with van der Waals surface area (Å²) < 4.78 is 5.77. The zero-order valence-corrected chi connectivity index (χ0v) is 14.6. The summed E-state index contributed by atoms with van der Waals surface area (Å²) in [7, 11) is 0. The van der Waals surface area contributed by atoms with Gasteiger partial charge in [0.05, 0.1) is 5.56 Å². The van der Waals surface area contributed by atoms with Crippen LogP contribution in [0.3, 0.4) is 0 Å². The van der Waals surface area contributed by atoms with Crippen molar-refractivity contribution in [3.63, 3.8) is 0 Å². The summed E-state index contributed by atoms with van der Waals surface area (Å²) in [6, 6.07) is 13.4. The number of H-pyrrole nitrogens is 1. The van der Waals surface area contributed by atoms with Gasteiger partial charge in [-0.1, -0.05) is 59.2 Å². The Hall–Kier alpha value is -1.95. The van der Waals surface area contributed by atoms with Gasteiger partial charge in [-0.2, -0.15) is 0 Å². The monoisotopic (exact) mass is 375 g/mol. The molecule has 0 radical (unpaired) electrons. The van der Waals surface area contributed by atoms with E-state index in [4.69, 9.17) is 27.6 Å². The molecule has 0 atom stereocenters. The molecule has 24 heavy (non-hydrogen) atoms. The molecule has 0 saturated carbocycles. The Kier molecular flexibility index (Phi) is 4.22. The van der Waals surface area contributed by atoms with E-state index in [0.29, 0.717) is 26.9 Å². The molecule has 2 aromatic carbocycles. The number of hydrogen-bond donors (Lipinski definition) is 1. The summed E-state index contributed by atoms with van der Waals surface area (Å²) in [6.45, 7) is 0. The lowest BCUT2D eigenvalue weighted by atomic mass is 10.2. The molecule has 0 saturated heterocycles. The van der Waals surface area contributed by atoms with Crippen LogP contribution in [-0.2, 0) is 5.75 Å². The van der Waals surface area contributed by atoms with Crippen LogP contribution in [0.15, 0.2) is 58.3 Å². The first-order valence-electron chi connectivity index (χ1n) is 7.18. The number of rotatable bonds is 4. The van der Waals surface area contributed by atoms with Crippen molar-refractivity contribution in [2.24, 2.45) is 0 Å². The molecule has 7 heteroatoms. The number of thioether (sulfide) groups is 1. The van der Waals surface area contributed by atoms with E-state index in [2.05, 4.69) is 15.2 Å². The van der Waals surface area contributed by atoms with Gasteiger partial charge in [0.1, 0.15) is 0 Å². The molecule has 0 bridgehead atoms. The normalized spacial score (nSPS) is 11.2. The van der Waals surface area contributed by atoms with Crippen LogP contribution in [0.5, 0.6) is 0 Å². The Morgan fingerprint density at radius 1 is 1.00 bits per heavy atom. The minimum absolute atomic E-state index is 0.478. The van der Waals surface area contributed by atoms with Crippen LogP contribution < -0.4 is 0 Å². The quantitative estimate of drug-likeness (QED) is 0.456. The molecule has 120 valence electrons. The first-order chi connectivity index (χ1) is 11.7. The molecule has 4 aromatic rings. The maximum Gasteiger partial charge on any atom is 0.277 e. The molecule has 0 aliphatic heterocycles. The molecular formula is C17H11Cl2N3OS. The Labute approximate surface area is 152 Å². The molecule has 1 N–H and O–H groups in total. The van der Waals surface area contributed by atoms with Crippen LogP contribution in [0.2, 0.25) is 10.0 Å². The molecule has 0 spiro atoms. The van der Waals surface area contributed by atoms with Gasteiger partial charge < -0.3 is 9.40 Å². The number of fused-ring (bicyclic) bond motifs is 1. The van der Waals surface area contributed by atoms with Gasteiger partial charge in [0.15, 0.2) is 0 Å². The van der Waals surface area contributed by atoms with Crippen LogP contribution in [0, 0.1) is 0 Å². The number of aromatic nitrogens is 3. The molecule has 2 heterocycles. The summed E-state index contributed by atoms with van der Waals surface area (Å²) in [5, 5.41) is 11.0. The van der Waals surface area contributed by atoms with Gasteiger partial charge in [-0.3, -0.25) is 0 Å². The number of aromatic amines is 1. The Balaban J connectivity index is 1.57. The smallest absolute Gasteiger partial charge is 0.277 e. The molecular weight excluding hydrogens is 365 g/mol. The van der Waals surface area contributed by atoms with Crippen molar-refractivity contribution >= 4 is 45.9 Å². The minimum atomic E-state index is 0.478. The maximum atomic E-state index is 6.18. The first-order valence-corrected chi connectivity index (χ1v) is 8.92. The zero-order valence-electron chi connectivity index (χ0n) is 12.3. The summed E-state index contributed by atoms with van der Waals surface area (Å²) in [5.41, 5.74) is 2.78. The van der Waals surface area contributed by atoms with Crippen molar-refractivity contribution in [2.75, 3.05) is 0 Å². The van der Waals surface area contributed by atoms with Crippen LogP contribution in [0.1, 0.15) is 5.56 Å². The molecule has 0 unspecified atom stereocenters. The maximum absolute atomic E-state index is 6.18. The third-order valence-electron chi connectivity index (χ3n) is 3.63. The van der Waals surface area contributed by atoms with Gasteiger partial charge in [-0.05, 0) is 23.8 Å². The summed E-state index contributed by atoms with van der Waals surface area (Å²) in [5.74, 6) is 1.05. The number of hydrogen-bond acceptors (Lipinski definition) is 4. The molecule has 2 aromatic heterocycles. The van der Waals surface area contributed by atoms with Crippen molar-refractivity contribution in [3.8, 4) is 11.5 Å². The highest BCUT2D eigenvalue weighted by molar-refractivity contribution is 7.98. The van der Waals surface area contributed by atoms with E-state index in [1.54, 1.807) is 0 Å². The fourth-order valence-electron chi connectivity index (χ4n) is 2.43. The van der Waals surface area contributed by atoms with Gasteiger partial charge in [0.2, 0.25) is 0 Å². The molecule has 4 rings (SSSR count). The fraction of sp³-hybridized carbons (Fsp3) is 0.0588. The average molecular weight is 376 g/mol. The van der Waals surface area contributed by atoms with Gasteiger partial charge >= 0.3 is 0 Å². The summed E-state index contributed by atoms with van der Waals surface area (Å²) >= 11 is 13.8. The lowest BCUT2D eigenvalue weighted by Crippen LogP contribution is -1.84. The van der Waals surface area contributed by atoms with Crippen molar-refractivity contribution < 1.29 is 4.42 Å². The van der Waals surface area contributed by atoms with E-state index in [0.717, 1.165) is 22.0 Å². The highest BCUT2D eigenvalue weighted by Gasteiger charge is 2.14. The number of halogens is 2. The van der Waals surface area contributed by atoms with Gasteiger partial charge in [-0.25, -0.2) is 0 Å². The van der Waals surface area contributed by atoms with E-state index in [-0.39, 0.29) is 0 Å². The third-order valence-corrected chi connectivity index (χ3v) is 5.18. The number of benzene rings is 2. The van der Waals surface area contributed by atoms with E-state index >= 15 is 0 Å². The standard InChI is InChI=1S/C17H11Cl2N3OS/c18-13-5-3-6-14(19)12(13)9-24-17-22-21-16(23-17)11-8-20-15-7-2-1-4-10(11)15/h1-8,20H,9H2. The Morgan fingerprint density at radius 2 is 1.79 bits per heavy atom. The largest absolute Gasteiger partial charge is 0.411 e. The highest BCUT2D eigenvalue weighted by Crippen LogP contribution is 2.33. The van der Waals surface area contributed by atoms with Crippen molar-refractivity contribution in [1.29, 1.82) is 0 Å². The summed E-state index contributed by atoms with van der Waals surface area (Å²) in [4.78, 5) is 3.20. The van der Waals surface area contributed by atoms with Crippen molar-refractivity contribution in [3.05, 3.63) is 64.3 Å². The molecule has 0 aliphatic carbocycles. The van der Waals surface area contributed by atoms with Crippen molar-refractivity contribution in [2.45, 2.75) is 11.0 Å². The van der Waals surface area contributed by atoms with Crippen LogP contribution in [0.25, 0.3) is 22.4 Å². The van der Waals surface area contributed by atoms with E-state index < -0.39 is 0 Å². The average Bonchev–Trinajstić information content (AvgIpc) is 3.20. The van der Waals surface area contributed by atoms with Crippen molar-refractivity contribution in [1.82, 2.24) is 15.2 Å². The second kappa shape index (κ2) is 6.51. The predicted octanol–water partition coefficient (Wildman–Crippen LogP) is 5.82. The second-order valence-electron chi connectivity index (χ2n) is 5.11. The second-order valence-corrected chi connectivity index (χ2v) is 6.85. The highest BCUT2D eigenvalue weighted by atomic mass is 35.5. The fourth-order valence-corrected chi connectivity index (χ4v) is 3.93. The zero-order chi connectivity index (χ0) is 16.5. The number of nitrogens with one attached hydrogen (secondary N) is 1. The topological polar surface area (TPSA) is 54.7 Å². The first kappa shape index (κ1) is 15.6. The van der Waals surface area contributed by atoms with Crippen LogP contribution >= 0.6 is 35.0 Å². The molecule has 0 aliphatic rings. The lowest BCUT2D eigenvalue weighted by molar-refractivity contribution is 0.466. The molecule has 0 amide bonds. The molecule has 0 fully saturated rings. The van der Waals surface area contributed by atoms with Gasteiger partial charge in [-0.15, -0.1) is 10.2 Å². The Morgan fingerprint density at radius 3 is 2.62 bits per heavy atom. The number of nitrogens with zero attached hydrogens (tertiary/aromatic N) is 2. The predicted molar refractivity (Wildman–Crippen MR) is 97.6 cm³/mol. The van der Waals surface area contributed by atoms with Gasteiger partial charge in [0, 0.05) is 32.9 Å². The van der Waals surface area contributed by atoms with Crippen LogP contribution in [-0.4, -0.2) is 15.2 Å². The SMILES string of the molecule is Clc1cccc(Cl)c1CSc1nnc(-c2c[nH]c3ccccc23)o1. The van der Waals surface area contributed by atoms with Gasteiger partial charge in [0.25, 0.3) is 11.1 Å². The number of para-hydroxylation sites is 1. The van der Waals surface area contributed by atoms with E-state index in [1.165, 1.54) is 11.8 Å². The molecule has 4 nitrogen and oxygen atoms in total. The summed E-state index contributed by atoms with van der Waals surface area (Å²) in [6.07, 6.45) is 1.87. The third kappa shape index (κ3) is 2.90. The van der Waals surface area contributed by atoms with Crippen LogP contribution in [0.4, 0.5) is 0 Å².